The molecule has 1 saturated carbocycles. The molecule has 210 valence electrons. The largest absolute Gasteiger partial charge is 0.387 e. The minimum absolute atomic E-state index is 0.00456. The minimum Gasteiger partial charge on any atom is -0.387 e. The van der Waals surface area contributed by atoms with Crippen LogP contribution in [0.4, 0.5) is 4.79 Å². The molecule has 3 fully saturated rings. The second-order valence-electron chi connectivity index (χ2n) is 11.6. The summed E-state index contributed by atoms with van der Waals surface area (Å²) in [5.41, 5.74) is 0.835. The van der Waals surface area contributed by atoms with Crippen LogP contribution in [0.2, 0.25) is 0 Å². The van der Waals surface area contributed by atoms with Gasteiger partial charge in [-0.3, -0.25) is 14.1 Å². The topological polar surface area (TPSA) is 103 Å². The highest BCUT2D eigenvalue weighted by Gasteiger charge is 2.56. The maximum atomic E-state index is 14.0. The van der Waals surface area contributed by atoms with E-state index in [2.05, 4.69) is 17.1 Å². The van der Waals surface area contributed by atoms with Gasteiger partial charge in [0.05, 0.1) is 30.2 Å². The molecule has 2 aliphatic heterocycles. The van der Waals surface area contributed by atoms with Gasteiger partial charge in [-0.1, -0.05) is 73.5 Å². The number of amides is 2. The van der Waals surface area contributed by atoms with Crippen molar-refractivity contribution in [2.24, 2.45) is 5.41 Å². The summed E-state index contributed by atoms with van der Waals surface area (Å²) in [7, 11) is -0.464. The highest BCUT2D eigenvalue weighted by atomic mass is 32.2. The van der Waals surface area contributed by atoms with Crippen molar-refractivity contribution in [2.75, 3.05) is 31.1 Å². The number of hydrogen-bond donors (Lipinski definition) is 2. The maximum Gasteiger partial charge on any atom is 0.320 e. The van der Waals surface area contributed by atoms with Crippen LogP contribution in [0.25, 0.3) is 11.3 Å². The fraction of sp³-hybridized carbons (Fsp3) is 0.452. The van der Waals surface area contributed by atoms with Crippen LogP contribution in [0.5, 0.6) is 0 Å². The van der Waals surface area contributed by atoms with Crippen LogP contribution in [0.15, 0.2) is 77.9 Å². The zero-order valence-corrected chi connectivity index (χ0v) is 23.6. The Bertz CT molecular complexity index is 1440. The Kier molecular flexibility index (Phi) is 7.35. The Morgan fingerprint density at radius 2 is 1.73 bits per heavy atom. The number of aliphatic hydroxyl groups is 1. The number of hydrogen-bond acceptors (Lipinski definition) is 5. The summed E-state index contributed by atoms with van der Waals surface area (Å²) in [6.45, 7) is 1.67. The monoisotopic (exact) mass is 559 g/mol. The molecule has 0 bridgehead atoms. The van der Waals surface area contributed by atoms with E-state index in [-0.39, 0.29) is 24.2 Å². The van der Waals surface area contributed by atoms with Crippen molar-refractivity contribution in [1.29, 1.82) is 4.78 Å². The number of aromatic nitrogens is 2. The van der Waals surface area contributed by atoms with Crippen molar-refractivity contribution in [2.45, 2.75) is 50.3 Å². The average Bonchev–Trinajstić information content (AvgIpc) is 3.46. The Morgan fingerprint density at radius 3 is 2.42 bits per heavy atom. The van der Waals surface area contributed by atoms with Crippen LogP contribution < -0.4 is 5.56 Å². The van der Waals surface area contributed by atoms with Gasteiger partial charge >= 0.3 is 6.03 Å². The molecule has 3 aromatic rings. The molecule has 0 radical (unpaired) electrons. The lowest BCUT2D eigenvalue weighted by molar-refractivity contribution is -0.136. The molecule has 2 amide bonds. The van der Waals surface area contributed by atoms with Crippen LogP contribution in [0, 0.1) is 10.2 Å². The van der Waals surface area contributed by atoms with Gasteiger partial charge in [0.15, 0.2) is 0 Å². The highest BCUT2D eigenvalue weighted by Crippen LogP contribution is 2.52. The van der Waals surface area contributed by atoms with Gasteiger partial charge in [0.1, 0.15) is 0 Å². The van der Waals surface area contributed by atoms with E-state index in [0.29, 0.717) is 43.3 Å². The summed E-state index contributed by atoms with van der Waals surface area (Å²) < 4.78 is 9.94. The van der Waals surface area contributed by atoms with Gasteiger partial charge in [0.25, 0.3) is 5.56 Å². The molecule has 8 nitrogen and oxygen atoms in total. The second kappa shape index (κ2) is 10.9. The number of carbonyl (C=O) groups excluding carboxylic acids is 1. The smallest absolute Gasteiger partial charge is 0.320 e. The highest BCUT2D eigenvalue weighted by molar-refractivity contribution is 7.86. The van der Waals surface area contributed by atoms with Crippen LogP contribution in [-0.2, 0) is 17.2 Å². The van der Waals surface area contributed by atoms with Crippen molar-refractivity contribution in [3.8, 4) is 11.3 Å². The molecule has 3 atom stereocenters. The summed E-state index contributed by atoms with van der Waals surface area (Å²) in [5.74, 6) is 1.36. The predicted molar refractivity (Wildman–Crippen MR) is 157 cm³/mol. The predicted octanol–water partition coefficient (Wildman–Crippen LogP) is 4.47. The van der Waals surface area contributed by atoms with Gasteiger partial charge in [-0.25, -0.2) is 9.78 Å². The summed E-state index contributed by atoms with van der Waals surface area (Å²) in [4.78, 5) is 35.6. The van der Waals surface area contributed by atoms with Gasteiger partial charge in [-0.15, -0.1) is 10.7 Å². The molecule has 2 aromatic carbocycles. The maximum absolute atomic E-state index is 14.0. The fourth-order valence-electron chi connectivity index (χ4n) is 6.95. The first-order valence-electron chi connectivity index (χ1n) is 14.2. The number of likely N-dealkylation sites (tertiary alicyclic amines) is 1. The number of piperidine rings is 1. The third kappa shape index (κ3) is 5.01. The van der Waals surface area contributed by atoms with E-state index in [0.717, 1.165) is 36.8 Å². The van der Waals surface area contributed by atoms with Gasteiger partial charge in [0, 0.05) is 48.2 Å². The molecule has 2 N–H and O–H groups in total. The van der Waals surface area contributed by atoms with Crippen molar-refractivity contribution in [1.82, 2.24) is 19.4 Å². The van der Waals surface area contributed by atoms with Gasteiger partial charge < -0.3 is 14.9 Å². The molecule has 40 heavy (non-hydrogen) atoms. The molecule has 2 saturated heterocycles. The van der Waals surface area contributed by atoms with Crippen LogP contribution in [-0.4, -0.2) is 67.2 Å². The Labute approximate surface area is 237 Å². The first-order valence-corrected chi connectivity index (χ1v) is 15.8. The standard InChI is InChI=1S/C31H37N5O3S/c32-40-18-17-36(27(20-40)25-11-5-2-6-12-25)29(38)34-16-15-31(39,30(21-34)13-7-8-14-30)22-35-23-33-26(19-28(35)37)24-9-3-1-4-10-24/h1-6,9-12,19,23,27,32,39H,7-8,13-18,20-22H2. The molecule has 3 aliphatic rings. The molecular formula is C31H37N5O3S. The summed E-state index contributed by atoms with van der Waals surface area (Å²) in [6, 6.07) is 21.1. The number of benzene rings is 2. The van der Waals surface area contributed by atoms with E-state index in [1.54, 1.807) is 12.4 Å². The number of carbonyl (C=O) groups is 1. The van der Waals surface area contributed by atoms with Crippen LogP contribution in [0.3, 0.4) is 0 Å². The van der Waals surface area contributed by atoms with Crippen molar-refractivity contribution >= 4 is 16.7 Å². The fourth-order valence-corrected chi connectivity index (χ4v) is 8.28. The normalized spacial score (nSPS) is 26.2. The van der Waals surface area contributed by atoms with E-state index in [9.17, 15) is 14.7 Å². The molecule has 1 aliphatic carbocycles. The molecule has 3 heterocycles. The van der Waals surface area contributed by atoms with Gasteiger partial charge in [-0.05, 0) is 24.8 Å². The van der Waals surface area contributed by atoms with Crippen molar-refractivity contribution in [3.05, 3.63) is 89.0 Å². The summed E-state index contributed by atoms with van der Waals surface area (Å²) in [6.07, 6.45) is 5.63. The van der Waals surface area contributed by atoms with Crippen molar-refractivity contribution in [3.63, 3.8) is 0 Å². The number of rotatable bonds is 4. The van der Waals surface area contributed by atoms with E-state index in [4.69, 9.17) is 4.78 Å². The van der Waals surface area contributed by atoms with E-state index < -0.39 is 21.7 Å². The second-order valence-corrected chi connectivity index (χ2v) is 13.3. The minimum atomic E-state index is -1.10. The molecule has 1 aromatic heterocycles. The van der Waals surface area contributed by atoms with E-state index in [1.807, 2.05) is 58.3 Å². The summed E-state index contributed by atoms with van der Waals surface area (Å²) >= 11 is 0. The number of nitrogens with zero attached hydrogens (tertiary/aromatic N) is 4. The lowest BCUT2D eigenvalue weighted by Gasteiger charge is -2.53. The zero-order valence-electron chi connectivity index (χ0n) is 22.7. The first kappa shape index (κ1) is 26.9. The molecule has 9 heteroatoms. The third-order valence-corrected chi connectivity index (χ3v) is 10.6. The Hall–Kier alpha value is -3.30. The summed E-state index contributed by atoms with van der Waals surface area (Å²) in [5, 5.41) is 12.2. The van der Waals surface area contributed by atoms with Crippen molar-refractivity contribution < 1.29 is 9.90 Å². The molecular weight excluding hydrogens is 522 g/mol. The third-order valence-electron chi connectivity index (χ3n) is 9.23. The van der Waals surface area contributed by atoms with E-state index in [1.165, 1.54) is 4.57 Å². The first-order chi connectivity index (χ1) is 19.4. The number of nitrogens with one attached hydrogen (secondary N) is 1. The zero-order chi connectivity index (χ0) is 27.7. The van der Waals surface area contributed by atoms with E-state index >= 15 is 0 Å². The Balaban J connectivity index is 1.23. The lowest BCUT2D eigenvalue weighted by atomic mass is 9.66. The van der Waals surface area contributed by atoms with Crippen LogP contribution >= 0.6 is 0 Å². The van der Waals surface area contributed by atoms with Gasteiger partial charge in [0.2, 0.25) is 0 Å². The quantitative estimate of drug-likeness (QED) is 0.493. The molecule has 3 unspecified atom stereocenters. The van der Waals surface area contributed by atoms with Crippen LogP contribution in [0.1, 0.15) is 43.7 Å². The SMILES string of the molecule is N=S1CCN(C(=O)N2CCC(O)(Cn3cnc(-c4ccccc4)cc3=O)C3(CCCC3)C2)C(c2ccccc2)C1. The lowest BCUT2D eigenvalue weighted by Crippen LogP contribution is -2.64. The molecule has 1 spiro atoms. The average molecular weight is 560 g/mol. The molecule has 6 rings (SSSR count). The van der Waals surface area contributed by atoms with Gasteiger partial charge in [-0.2, -0.15) is 0 Å². The number of urea groups is 1. The Morgan fingerprint density at radius 1 is 1.02 bits per heavy atom.